The van der Waals surface area contributed by atoms with Crippen molar-refractivity contribution in [1.29, 1.82) is 0 Å². The quantitative estimate of drug-likeness (QED) is 0.570. The summed E-state index contributed by atoms with van der Waals surface area (Å²) in [6.45, 7) is 11.3. The van der Waals surface area contributed by atoms with E-state index in [1.54, 1.807) is 24.1 Å². The largest absolute Gasteiger partial charge is 0.490 e. The van der Waals surface area contributed by atoms with Gasteiger partial charge in [-0.2, -0.15) is 0 Å². The molecule has 0 radical (unpaired) electrons. The van der Waals surface area contributed by atoms with Crippen molar-refractivity contribution in [2.75, 3.05) is 51.4 Å². The van der Waals surface area contributed by atoms with E-state index in [2.05, 4.69) is 17.9 Å². The van der Waals surface area contributed by atoms with Gasteiger partial charge in [-0.1, -0.05) is 0 Å². The average Bonchev–Trinajstić information content (AvgIpc) is 3.03. The van der Waals surface area contributed by atoms with Gasteiger partial charge in [-0.25, -0.2) is 9.18 Å². The van der Waals surface area contributed by atoms with Crippen LogP contribution in [0.15, 0.2) is 30.3 Å². The highest BCUT2D eigenvalue weighted by molar-refractivity contribution is 5.71. The number of rotatable bonds is 6. The van der Waals surface area contributed by atoms with Gasteiger partial charge in [0.25, 0.3) is 0 Å². The summed E-state index contributed by atoms with van der Waals surface area (Å²) in [5.41, 5.74) is 4.20. The fraction of sp³-hybridized carbons (Fsp3) is 0.536. The van der Waals surface area contributed by atoms with Crippen LogP contribution < -0.4 is 14.4 Å². The zero-order valence-electron chi connectivity index (χ0n) is 21.9. The summed E-state index contributed by atoms with van der Waals surface area (Å²) in [5.74, 6) is 1.17. The minimum absolute atomic E-state index is 0.243. The van der Waals surface area contributed by atoms with Crippen LogP contribution >= 0.6 is 0 Å². The molecule has 0 spiro atoms. The summed E-state index contributed by atoms with van der Waals surface area (Å²) in [6.07, 6.45) is 1.00. The lowest BCUT2D eigenvalue weighted by Gasteiger charge is -2.36. The minimum atomic E-state index is -0.520. The number of halogens is 1. The highest BCUT2D eigenvalue weighted by Gasteiger charge is 2.30. The highest BCUT2D eigenvalue weighted by atomic mass is 19.1. The molecule has 1 amide bonds. The Hall–Kier alpha value is -3.00. The zero-order valence-corrected chi connectivity index (χ0v) is 21.9. The molecule has 2 aliphatic heterocycles. The van der Waals surface area contributed by atoms with Crippen molar-refractivity contribution in [1.82, 2.24) is 4.90 Å². The Morgan fingerprint density at radius 2 is 1.86 bits per heavy atom. The first-order chi connectivity index (χ1) is 17.1. The van der Waals surface area contributed by atoms with Gasteiger partial charge >= 0.3 is 6.09 Å². The number of carbonyl (C=O) groups is 1. The van der Waals surface area contributed by atoms with E-state index in [0.29, 0.717) is 38.6 Å². The summed E-state index contributed by atoms with van der Waals surface area (Å²) in [6, 6.07) is 8.18. The SMILES string of the molecule is COCC(CN1CCOc2cc3c(c(C)c21)CCN(C(=O)OC(C)(C)C)CC3)Oc1ccc(F)cc1. The summed E-state index contributed by atoms with van der Waals surface area (Å²) in [5, 5.41) is 0. The van der Waals surface area contributed by atoms with E-state index in [-0.39, 0.29) is 18.0 Å². The second-order valence-corrected chi connectivity index (χ2v) is 10.4. The standard InChI is InChI=1S/C28H37FN2O5/c1-19-24-11-13-30(27(32)36-28(2,3)4)12-10-20(24)16-25-26(19)31(14-15-34-25)17-23(18-33-5)35-22-8-6-21(29)7-9-22/h6-9,16,23H,10-15,17-18H2,1-5H3. The van der Waals surface area contributed by atoms with Crippen LogP contribution in [0.4, 0.5) is 14.9 Å². The molecule has 2 aromatic rings. The number of fused-ring (bicyclic) bond motifs is 2. The molecule has 36 heavy (non-hydrogen) atoms. The van der Waals surface area contributed by atoms with Gasteiger partial charge in [0.1, 0.15) is 35.6 Å². The van der Waals surface area contributed by atoms with Gasteiger partial charge < -0.3 is 28.7 Å². The van der Waals surface area contributed by atoms with Gasteiger partial charge in [0.05, 0.1) is 25.4 Å². The van der Waals surface area contributed by atoms with Crippen LogP contribution in [0.3, 0.4) is 0 Å². The van der Waals surface area contributed by atoms with E-state index in [4.69, 9.17) is 18.9 Å². The highest BCUT2D eigenvalue weighted by Crippen LogP contribution is 2.40. The van der Waals surface area contributed by atoms with E-state index in [9.17, 15) is 9.18 Å². The third kappa shape index (κ3) is 6.22. The molecule has 1 unspecified atom stereocenters. The number of nitrogens with zero attached hydrogens (tertiary/aromatic N) is 2. The molecule has 0 saturated carbocycles. The van der Waals surface area contributed by atoms with Gasteiger partial charge in [-0.3, -0.25) is 0 Å². The molecular weight excluding hydrogens is 463 g/mol. The second kappa shape index (κ2) is 10.9. The van der Waals surface area contributed by atoms with E-state index >= 15 is 0 Å². The molecule has 0 aliphatic carbocycles. The lowest BCUT2D eigenvalue weighted by molar-refractivity contribution is 0.0258. The van der Waals surface area contributed by atoms with E-state index in [1.807, 2.05) is 20.8 Å². The summed E-state index contributed by atoms with van der Waals surface area (Å²) in [4.78, 5) is 16.8. The molecule has 2 heterocycles. The molecular formula is C28H37FN2O5. The van der Waals surface area contributed by atoms with Crippen molar-refractivity contribution in [3.63, 3.8) is 0 Å². The molecule has 2 aromatic carbocycles. The number of anilines is 1. The maximum atomic E-state index is 13.3. The Morgan fingerprint density at radius 3 is 2.56 bits per heavy atom. The normalized spacial score (nSPS) is 16.4. The predicted molar refractivity (Wildman–Crippen MR) is 137 cm³/mol. The number of amides is 1. The number of methoxy groups -OCH3 is 1. The Balaban J connectivity index is 1.54. The third-order valence-corrected chi connectivity index (χ3v) is 6.50. The van der Waals surface area contributed by atoms with Crippen molar-refractivity contribution < 1.29 is 28.1 Å². The van der Waals surface area contributed by atoms with Gasteiger partial charge in [-0.15, -0.1) is 0 Å². The first kappa shape index (κ1) is 26.1. The first-order valence-corrected chi connectivity index (χ1v) is 12.6. The maximum absolute atomic E-state index is 13.3. The topological polar surface area (TPSA) is 60.5 Å². The molecule has 0 bridgehead atoms. The molecule has 4 rings (SSSR count). The molecule has 2 aliphatic rings. The van der Waals surface area contributed by atoms with Crippen molar-refractivity contribution in [2.45, 2.75) is 52.2 Å². The molecule has 7 nitrogen and oxygen atoms in total. The number of carbonyl (C=O) groups excluding carboxylic acids is 1. The lowest BCUT2D eigenvalue weighted by atomic mass is 9.94. The molecule has 1 atom stereocenters. The van der Waals surface area contributed by atoms with E-state index in [0.717, 1.165) is 30.8 Å². The van der Waals surface area contributed by atoms with Gasteiger partial charge in [-0.05, 0) is 87.6 Å². The number of benzene rings is 2. The molecule has 0 saturated heterocycles. The van der Waals surface area contributed by atoms with Crippen LogP contribution in [0.25, 0.3) is 0 Å². The van der Waals surface area contributed by atoms with Crippen LogP contribution in [-0.4, -0.2) is 69.2 Å². The van der Waals surface area contributed by atoms with Crippen molar-refractivity contribution in [2.24, 2.45) is 0 Å². The number of hydrogen-bond acceptors (Lipinski definition) is 6. The fourth-order valence-electron chi connectivity index (χ4n) is 4.90. The molecule has 8 heteroatoms. The smallest absolute Gasteiger partial charge is 0.410 e. The number of hydrogen-bond donors (Lipinski definition) is 0. The van der Waals surface area contributed by atoms with Gasteiger partial charge in [0.15, 0.2) is 0 Å². The maximum Gasteiger partial charge on any atom is 0.410 e. The molecule has 0 fully saturated rings. The van der Waals surface area contributed by atoms with Crippen LogP contribution in [0, 0.1) is 12.7 Å². The Labute approximate surface area is 213 Å². The molecule has 196 valence electrons. The molecule has 0 N–H and O–H groups in total. The summed E-state index contributed by atoms with van der Waals surface area (Å²) < 4.78 is 36.6. The number of ether oxygens (including phenoxy) is 4. The zero-order chi connectivity index (χ0) is 25.9. The Morgan fingerprint density at radius 1 is 1.14 bits per heavy atom. The van der Waals surface area contributed by atoms with E-state index in [1.165, 1.54) is 28.8 Å². The predicted octanol–water partition coefficient (Wildman–Crippen LogP) is 4.76. The van der Waals surface area contributed by atoms with E-state index < -0.39 is 5.60 Å². The Bertz CT molecular complexity index is 1070. The van der Waals surface area contributed by atoms with Crippen molar-refractivity contribution in [3.05, 3.63) is 52.8 Å². The van der Waals surface area contributed by atoms with Crippen LogP contribution in [-0.2, 0) is 22.3 Å². The Kier molecular flexibility index (Phi) is 7.93. The van der Waals surface area contributed by atoms with Crippen LogP contribution in [0.1, 0.15) is 37.5 Å². The van der Waals surface area contributed by atoms with Crippen LogP contribution in [0.2, 0.25) is 0 Å². The van der Waals surface area contributed by atoms with Gasteiger partial charge in [0, 0.05) is 20.2 Å². The average molecular weight is 501 g/mol. The second-order valence-electron chi connectivity index (χ2n) is 10.4. The fourth-order valence-corrected chi connectivity index (χ4v) is 4.90. The molecule has 0 aromatic heterocycles. The van der Waals surface area contributed by atoms with Crippen molar-refractivity contribution in [3.8, 4) is 11.5 Å². The summed E-state index contributed by atoms with van der Waals surface area (Å²) >= 11 is 0. The lowest BCUT2D eigenvalue weighted by Crippen LogP contribution is -2.42. The van der Waals surface area contributed by atoms with Gasteiger partial charge in [0.2, 0.25) is 0 Å². The van der Waals surface area contributed by atoms with Crippen molar-refractivity contribution >= 4 is 11.8 Å². The van der Waals surface area contributed by atoms with Crippen LogP contribution in [0.5, 0.6) is 11.5 Å². The monoisotopic (exact) mass is 500 g/mol. The summed E-state index contributed by atoms with van der Waals surface area (Å²) in [7, 11) is 1.65. The third-order valence-electron chi connectivity index (χ3n) is 6.50. The first-order valence-electron chi connectivity index (χ1n) is 12.6. The minimum Gasteiger partial charge on any atom is -0.490 e.